The molecule has 2 aromatic heterocycles. The van der Waals surface area contributed by atoms with E-state index in [4.69, 9.17) is 28.2 Å². The number of anilines is 2. The van der Waals surface area contributed by atoms with E-state index in [1.165, 1.54) is 0 Å². The smallest absolute Gasteiger partial charge is 0.229 e. The molecule has 5 rings (SSSR count). The highest BCUT2D eigenvalue weighted by Crippen LogP contribution is 2.43. The summed E-state index contributed by atoms with van der Waals surface area (Å²) in [5.74, 6) is 1.41. The van der Waals surface area contributed by atoms with Crippen LogP contribution >= 0.6 is 23.8 Å². The number of benzene rings is 2. The van der Waals surface area contributed by atoms with Gasteiger partial charge in [-0.3, -0.25) is 9.71 Å². The van der Waals surface area contributed by atoms with Crippen LogP contribution in [0.25, 0.3) is 11.3 Å². The molecule has 10 heteroatoms. The summed E-state index contributed by atoms with van der Waals surface area (Å²) in [6.45, 7) is 0. The molecule has 1 fully saturated rings. The van der Waals surface area contributed by atoms with E-state index >= 15 is 0 Å². The molecule has 2 N–H and O–H groups in total. The fourth-order valence-electron chi connectivity index (χ4n) is 4.11. The molecule has 3 heterocycles. The van der Waals surface area contributed by atoms with E-state index in [1.807, 2.05) is 71.6 Å². The molecule has 0 saturated carbocycles. The topological polar surface area (TPSA) is 87.5 Å². The predicted octanol–water partition coefficient (Wildman–Crippen LogP) is 5.54. The molecule has 0 radical (unpaired) electrons. The van der Waals surface area contributed by atoms with Crippen LogP contribution in [0, 0.1) is 0 Å². The highest BCUT2D eigenvalue weighted by atomic mass is 35.5. The predicted molar refractivity (Wildman–Crippen MR) is 142 cm³/mol. The normalized spacial score (nSPS) is 17.9. The van der Waals surface area contributed by atoms with Crippen molar-refractivity contribution in [3.63, 3.8) is 0 Å². The minimum atomic E-state index is -3.38. The van der Waals surface area contributed by atoms with E-state index in [-0.39, 0.29) is 12.1 Å². The third-order valence-electron chi connectivity index (χ3n) is 5.59. The van der Waals surface area contributed by atoms with Crippen LogP contribution in [-0.4, -0.2) is 24.8 Å². The van der Waals surface area contributed by atoms with E-state index in [9.17, 15) is 8.42 Å². The average Bonchev–Trinajstić information content (AvgIpc) is 3.44. The van der Waals surface area contributed by atoms with E-state index in [0.717, 1.165) is 23.2 Å². The summed E-state index contributed by atoms with van der Waals surface area (Å²) in [6.07, 6.45) is 2.86. The fraction of sp³-hybridized carbons (Fsp3) is 0.120. The minimum Gasteiger partial charge on any atom is -0.459 e. The second-order valence-electron chi connectivity index (χ2n) is 8.13. The van der Waals surface area contributed by atoms with Gasteiger partial charge in [-0.05, 0) is 85.0 Å². The monoisotopic (exact) mass is 524 g/mol. The molecule has 4 aromatic rings. The number of halogens is 1. The lowest BCUT2D eigenvalue weighted by molar-refractivity contribution is 0.439. The van der Waals surface area contributed by atoms with E-state index in [0.29, 0.717) is 27.3 Å². The molecule has 178 valence electrons. The Hall–Kier alpha value is -3.40. The lowest BCUT2D eigenvalue weighted by Gasteiger charge is -2.26. The van der Waals surface area contributed by atoms with Crippen LogP contribution in [0.1, 0.15) is 23.5 Å². The maximum absolute atomic E-state index is 11.6. The quantitative estimate of drug-likeness (QED) is 0.320. The molecule has 0 unspecified atom stereocenters. The average molecular weight is 525 g/mol. The molecular weight excluding hydrogens is 504 g/mol. The summed E-state index contributed by atoms with van der Waals surface area (Å²) in [7, 11) is -3.38. The Morgan fingerprint density at radius 3 is 2.43 bits per heavy atom. The molecule has 1 saturated heterocycles. The van der Waals surface area contributed by atoms with Gasteiger partial charge in [-0.25, -0.2) is 8.42 Å². The molecule has 0 aliphatic carbocycles. The van der Waals surface area contributed by atoms with Gasteiger partial charge in [0.1, 0.15) is 17.6 Å². The van der Waals surface area contributed by atoms with Crippen LogP contribution in [0.15, 0.2) is 89.5 Å². The number of sulfonamides is 1. The molecule has 0 amide bonds. The van der Waals surface area contributed by atoms with Crippen molar-refractivity contribution in [1.82, 2.24) is 10.3 Å². The van der Waals surface area contributed by atoms with Crippen LogP contribution in [0.3, 0.4) is 0 Å². The molecular formula is C25H21ClN4O3S2. The SMILES string of the molecule is CS(=O)(=O)Nc1ccc(N2C(=S)N[C@@H](c3ccccn3)[C@@H]2c2ccc(-c3ccc(Cl)cc3)o2)cc1. The van der Waals surface area contributed by atoms with Crippen LogP contribution in [-0.2, 0) is 10.0 Å². The van der Waals surface area contributed by atoms with Crippen molar-refractivity contribution in [2.24, 2.45) is 0 Å². The van der Waals surface area contributed by atoms with E-state index in [1.54, 1.807) is 18.3 Å². The lowest BCUT2D eigenvalue weighted by atomic mass is 10.0. The summed E-state index contributed by atoms with van der Waals surface area (Å²) in [5, 5.41) is 4.55. The van der Waals surface area contributed by atoms with Gasteiger partial charge in [0.05, 0.1) is 18.0 Å². The zero-order valence-corrected chi connectivity index (χ0v) is 20.9. The van der Waals surface area contributed by atoms with Gasteiger partial charge in [-0.15, -0.1) is 0 Å². The Labute approximate surface area is 213 Å². The summed E-state index contributed by atoms with van der Waals surface area (Å²) >= 11 is 11.8. The number of rotatable bonds is 6. The third kappa shape index (κ3) is 5.02. The van der Waals surface area contributed by atoms with Gasteiger partial charge < -0.3 is 14.6 Å². The molecule has 2 atom stereocenters. The van der Waals surface area contributed by atoms with Gasteiger partial charge in [0.15, 0.2) is 5.11 Å². The maximum atomic E-state index is 11.6. The van der Waals surface area contributed by atoms with Crippen molar-refractivity contribution in [1.29, 1.82) is 0 Å². The molecule has 0 bridgehead atoms. The van der Waals surface area contributed by atoms with Crippen LogP contribution < -0.4 is 14.9 Å². The Morgan fingerprint density at radius 2 is 1.77 bits per heavy atom. The standard InChI is InChI=1S/C25H21ClN4O3S2/c1-35(31,32)29-18-9-11-19(12-10-18)30-24(23(28-25(30)34)20-4-2-3-15-27-20)22-14-13-21(33-22)16-5-7-17(26)8-6-16/h2-15,23-24,29H,1H3,(H,28,34)/t23-,24-/m0/s1. The van der Waals surface area contributed by atoms with Gasteiger partial charge in [0, 0.05) is 28.2 Å². The maximum Gasteiger partial charge on any atom is 0.229 e. The van der Waals surface area contributed by atoms with Crippen molar-refractivity contribution in [3.05, 3.63) is 102 Å². The lowest BCUT2D eigenvalue weighted by Crippen LogP contribution is -2.29. The minimum absolute atomic E-state index is 0.262. The highest BCUT2D eigenvalue weighted by molar-refractivity contribution is 7.92. The van der Waals surface area contributed by atoms with Crippen LogP contribution in [0.5, 0.6) is 0 Å². The first-order valence-corrected chi connectivity index (χ1v) is 13.4. The zero-order chi connectivity index (χ0) is 24.6. The van der Waals surface area contributed by atoms with Crippen molar-refractivity contribution in [2.45, 2.75) is 12.1 Å². The first-order chi connectivity index (χ1) is 16.8. The Bertz CT molecular complexity index is 1460. The summed E-state index contributed by atoms with van der Waals surface area (Å²) in [4.78, 5) is 6.51. The number of thiocarbonyl (C=S) groups is 1. The van der Waals surface area contributed by atoms with Gasteiger partial charge in [-0.2, -0.15) is 0 Å². The van der Waals surface area contributed by atoms with Gasteiger partial charge >= 0.3 is 0 Å². The number of aromatic nitrogens is 1. The van der Waals surface area contributed by atoms with Gasteiger partial charge in [-0.1, -0.05) is 17.7 Å². The van der Waals surface area contributed by atoms with E-state index in [2.05, 4.69) is 15.0 Å². The van der Waals surface area contributed by atoms with Crippen molar-refractivity contribution >= 4 is 50.3 Å². The number of hydrogen-bond donors (Lipinski definition) is 2. The molecule has 35 heavy (non-hydrogen) atoms. The molecule has 1 aliphatic heterocycles. The first kappa shape index (κ1) is 23.3. The number of hydrogen-bond acceptors (Lipinski definition) is 5. The molecule has 7 nitrogen and oxygen atoms in total. The summed E-state index contributed by atoms with van der Waals surface area (Å²) in [6, 6.07) is 23.5. The number of nitrogens with one attached hydrogen (secondary N) is 2. The third-order valence-corrected chi connectivity index (χ3v) is 6.77. The number of furan rings is 1. The first-order valence-electron chi connectivity index (χ1n) is 10.7. The highest BCUT2D eigenvalue weighted by Gasteiger charge is 2.42. The Morgan fingerprint density at radius 1 is 1.03 bits per heavy atom. The Balaban J connectivity index is 1.54. The van der Waals surface area contributed by atoms with Crippen molar-refractivity contribution in [3.8, 4) is 11.3 Å². The zero-order valence-electron chi connectivity index (χ0n) is 18.6. The molecule has 1 aliphatic rings. The largest absolute Gasteiger partial charge is 0.459 e. The van der Waals surface area contributed by atoms with Gasteiger partial charge in [0.25, 0.3) is 0 Å². The fourth-order valence-corrected chi connectivity index (χ4v) is 5.14. The number of nitrogens with zero attached hydrogens (tertiary/aromatic N) is 2. The van der Waals surface area contributed by atoms with Crippen LogP contribution in [0.2, 0.25) is 5.02 Å². The van der Waals surface area contributed by atoms with Gasteiger partial charge in [0.2, 0.25) is 10.0 Å². The number of pyridine rings is 1. The van der Waals surface area contributed by atoms with Crippen LogP contribution in [0.4, 0.5) is 11.4 Å². The molecule has 0 spiro atoms. The Kier molecular flexibility index (Phi) is 6.22. The molecule has 2 aromatic carbocycles. The summed E-state index contributed by atoms with van der Waals surface area (Å²) in [5.41, 5.74) is 2.98. The second kappa shape index (κ2) is 9.33. The van der Waals surface area contributed by atoms with E-state index < -0.39 is 10.0 Å². The summed E-state index contributed by atoms with van der Waals surface area (Å²) < 4.78 is 32.0. The second-order valence-corrected chi connectivity index (χ2v) is 10.7. The van der Waals surface area contributed by atoms with Crippen molar-refractivity contribution in [2.75, 3.05) is 15.9 Å². The van der Waals surface area contributed by atoms with Crippen molar-refractivity contribution < 1.29 is 12.8 Å².